The molecule has 0 saturated carbocycles. The quantitative estimate of drug-likeness (QED) is 0.653. The van der Waals surface area contributed by atoms with E-state index in [9.17, 15) is 4.79 Å². The summed E-state index contributed by atoms with van der Waals surface area (Å²) < 4.78 is 7.59. The third-order valence-electron chi connectivity index (χ3n) is 4.59. The first-order valence-electron chi connectivity index (χ1n) is 9.07. The first kappa shape index (κ1) is 18.9. The van der Waals surface area contributed by atoms with Crippen LogP contribution in [0.5, 0.6) is 5.75 Å². The number of anilines is 1. The zero-order valence-electron chi connectivity index (χ0n) is 15.6. The van der Waals surface area contributed by atoms with Gasteiger partial charge in [0.25, 0.3) is 0 Å². The van der Waals surface area contributed by atoms with Crippen LogP contribution in [0.25, 0.3) is 5.69 Å². The lowest BCUT2D eigenvalue weighted by Crippen LogP contribution is -2.16. The van der Waals surface area contributed by atoms with Crippen molar-refractivity contribution in [2.45, 2.75) is 19.1 Å². The number of para-hydroxylation sites is 2. The van der Waals surface area contributed by atoms with Crippen LogP contribution in [-0.2, 0) is 4.79 Å². The molecule has 0 spiro atoms. The van der Waals surface area contributed by atoms with E-state index in [1.54, 1.807) is 16.4 Å². The van der Waals surface area contributed by atoms with Crippen LogP contribution in [0.4, 0.5) is 5.82 Å². The highest BCUT2D eigenvalue weighted by atomic mass is 35.5. The van der Waals surface area contributed by atoms with Crippen molar-refractivity contribution in [1.82, 2.24) is 9.78 Å². The lowest BCUT2D eigenvalue weighted by atomic mass is 10.0. The number of carbonyl (C=O) groups excluding carboxylic acids is 1. The number of fused-ring (bicyclic) bond motifs is 1. The van der Waals surface area contributed by atoms with Crippen molar-refractivity contribution in [3.8, 4) is 11.4 Å². The Bertz CT molecular complexity index is 1030. The van der Waals surface area contributed by atoms with Gasteiger partial charge in [0.15, 0.2) is 0 Å². The normalized spacial score (nSPS) is 16.2. The summed E-state index contributed by atoms with van der Waals surface area (Å²) in [4.78, 5) is 12.5. The fraction of sp³-hybridized carbons (Fsp3) is 0.238. The summed E-state index contributed by atoms with van der Waals surface area (Å²) in [5.41, 5.74) is 3.59. The molecule has 2 aromatic carbocycles. The number of aromatic nitrogens is 2. The first-order valence-corrected chi connectivity index (χ1v) is 10.5. The number of nitrogens with zero attached hydrogens (tertiary/aromatic N) is 2. The molecule has 0 aliphatic carbocycles. The largest absolute Gasteiger partial charge is 0.494 e. The number of amides is 1. The Labute approximate surface area is 173 Å². The minimum atomic E-state index is -0.0760. The van der Waals surface area contributed by atoms with Gasteiger partial charge in [-0.05, 0) is 32.0 Å². The highest BCUT2D eigenvalue weighted by Gasteiger charge is 2.32. The zero-order chi connectivity index (χ0) is 19.7. The number of hydrogen-bond acceptors (Lipinski definition) is 4. The summed E-state index contributed by atoms with van der Waals surface area (Å²) >= 11 is 7.99. The molecule has 0 radical (unpaired) electrons. The predicted octanol–water partition coefficient (Wildman–Crippen LogP) is 5.01. The van der Waals surface area contributed by atoms with Crippen LogP contribution in [0.3, 0.4) is 0 Å². The van der Waals surface area contributed by atoms with Crippen molar-refractivity contribution in [2.24, 2.45) is 0 Å². The van der Waals surface area contributed by atoms with E-state index in [1.165, 1.54) is 0 Å². The van der Waals surface area contributed by atoms with Gasteiger partial charge in [0.1, 0.15) is 11.6 Å². The second-order valence-corrected chi connectivity index (χ2v) is 7.92. The second kappa shape index (κ2) is 7.89. The van der Waals surface area contributed by atoms with Crippen molar-refractivity contribution >= 4 is 35.1 Å². The van der Waals surface area contributed by atoms with Crippen molar-refractivity contribution in [3.05, 3.63) is 70.4 Å². The van der Waals surface area contributed by atoms with Crippen LogP contribution in [-0.4, -0.2) is 28.0 Å². The molecular formula is C21H20ClN3O2S. The van der Waals surface area contributed by atoms with E-state index >= 15 is 0 Å². The molecule has 3 aromatic rings. The molecule has 0 saturated heterocycles. The molecule has 0 fully saturated rings. The Morgan fingerprint density at radius 2 is 2.00 bits per heavy atom. The first-order chi connectivity index (χ1) is 13.6. The molecule has 1 N–H and O–H groups in total. The Kier molecular flexibility index (Phi) is 5.33. The summed E-state index contributed by atoms with van der Waals surface area (Å²) in [5, 5.41) is 8.24. The topological polar surface area (TPSA) is 56.1 Å². The number of aryl methyl sites for hydroxylation is 1. The van der Waals surface area contributed by atoms with Gasteiger partial charge in [-0.2, -0.15) is 5.10 Å². The number of ether oxygens (including phenoxy) is 1. The van der Waals surface area contributed by atoms with Crippen molar-refractivity contribution in [2.75, 3.05) is 17.7 Å². The standard InChI is InChI=1S/C21H20ClN3O2S/c1-3-27-17-11-7-4-8-14(17)20-19-13(2)24-25(16-10-6-5-9-15(16)22)21(19)23-18(26)12-28-20/h4-11,20H,3,12H2,1-2H3,(H,23,26)/t20-/m1/s1. The van der Waals surface area contributed by atoms with E-state index in [1.807, 2.05) is 56.3 Å². The maximum absolute atomic E-state index is 12.5. The minimum absolute atomic E-state index is 0.0594. The highest BCUT2D eigenvalue weighted by molar-refractivity contribution is 8.00. The summed E-state index contributed by atoms with van der Waals surface area (Å²) in [6, 6.07) is 15.4. The van der Waals surface area contributed by atoms with Crippen molar-refractivity contribution < 1.29 is 9.53 Å². The van der Waals surface area contributed by atoms with Gasteiger partial charge in [-0.15, -0.1) is 11.8 Å². The molecule has 4 rings (SSSR count). The summed E-state index contributed by atoms with van der Waals surface area (Å²) in [6.07, 6.45) is 0. The van der Waals surface area contributed by atoms with Crippen LogP contribution in [0, 0.1) is 6.92 Å². The summed E-state index contributed by atoms with van der Waals surface area (Å²) in [6.45, 7) is 4.50. The van der Waals surface area contributed by atoms with E-state index in [4.69, 9.17) is 21.4 Å². The Morgan fingerprint density at radius 1 is 1.25 bits per heavy atom. The molecule has 0 bridgehead atoms. The van der Waals surface area contributed by atoms with E-state index in [-0.39, 0.29) is 11.2 Å². The van der Waals surface area contributed by atoms with E-state index in [0.29, 0.717) is 23.2 Å². The molecule has 7 heteroatoms. The number of halogens is 1. The molecule has 2 heterocycles. The number of hydrogen-bond donors (Lipinski definition) is 1. The van der Waals surface area contributed by atoms with Crippen LogP contribution in [0.15, 0.2) is 48.5 Å². The number of nitrogens with one attached hydrogen (secondary N) is 1. The maximum Gasteiger partial charge on any atom is 0.235 e. The molecule has 1 aliphatic heterocycles. The molecule has 5 nitrogen and oxygen atoms in total. The van der Waals surface area contributed by atoms with Gasteiger partial charge in [0, 0.05) is 11.1 Å². The smallest absolute Gasteiger partial charge is 0.235 e. The Hall–Kier alpha value is -2.44. The minimum Gasteiger partial charge on any atom is -0.494 e. The van der Waals surface area contributed by atoms with Gasteiger partial charge < -0.3 is 10.1 Å². The maximum atomic E-state index is 12.5. The molecule has 1 atom stereocenters. The molecular weight excluding hydrogens is 394 g/mol. The molecule has 1 aromatic heterocycles. The molecule has 1 amide bonds. The average molecular weight is 414 g/mol. The number of rotatable bonds is 4. The lowest BCUT2D eigenvalue weighted by molar-refractivity contribution is -0.113. The second-order valence-electron chi connectivity index (χ2n) is 6.42. The van der Waals surface area contributed by atoms with Gasteiger partial charge in [-0.3, -0.25) is 4.79 Å². The van der Waals surface area contributed by atoms with Gasteiger partial charge in [-0.25, -0.2) is 4.68 Å². The van der Waals surface area contributed by atoms with Crippen LogP contribution < -0.4 is 10.1 Å². The SMILES string of the molecule is CCOc1ccccc1[C@H]1SCC(=O)Nc2c1c(C)nn2-c1ccccc1Cl. The van der Waals surface area contributed by atoms with E-state index in [2.05, 4.69) is 11.4 Å². The van der Waals surface area contributed by atoms with Crippen molar-refractivity contribution in [3.63, 3.8) is 0 Å². The molecule has 1 aliphatic rings. The van der Waals surface area contributed by atoms with Crippen LogP contribution in [0.1, 0.15) is 29.0 Å². The van der Waals surface area contributed by atoms with E-state index < -0.39 is 0 Å². The zero-order valence-corrected chi connectivity index (χ0v) is 17.2. The average Bonchev–Trinajstić information content (AvgIpc) is 2.89. The third kappa shape index (κ3) is 3.38. The summed E-state index contributed by atoms with van der Waals surface area (Å²) in [5.74, 6) is 1.78. The molecule has 28 heavy (non-hydrogen) atoms. The fourth-order valence-electron chi connectivity index (χ4n) is 3.41. The number of benzene rings is 2. The fourth-order valence-corrected chi connectivity index (χ4v) is 4.84. The molecule has 0 unspecified atom stereocenters. The monoisotopic (exact) mass is 413 g/mol. The highest BCUT2D eigenvalue weighted by Crippen LogP contribution is 2.46. The Balaban J connectivity index is 1.91. The molecule has 144 valence electrons. The summed E-state index contributed by atoms with van der Waals surface area (Å²) in [7, 11) is 0. The van der Waals surface area contributed by atoms with Crippen LogP contribution in [0.2, 0.25) is 5.02 Å². The predicted molar refractivity (Wildman–Crippen MR) is 114 cm³/mol. The van der Waals surface area contributed by atoms with Crippen LogP contribution >= 0.6 is 23.4 Å². The van der Waals surface area contributed by atoms with Crippen molar-refractivity contribution in [1.29, 1.82) is 0 Å². The number of carbonyl (C=O) groups is 1. The lowest BCUT2D eigenvalue weighted by Gasteiger charge is -2.19. The number of thioether (sulfide) groups is 1. The van der Waals surface area contributed by atoms with Gasteiger partial charge >= 0.3 is 0 Å². The third-order valence-corrected chi connectivity index (χ3v) is 6.16. The van der Waals surface area contributed by atoms with Gasteiger partial charge in [0.2, 0.25) is 5.91 Å². The Morgan fingerprint density at radius 3 is 2.79 bits per heavy atom. The van der Waals surface area contributed by atoms with Gasteiger partial charge in [-0.1, -0.05) is 41.9 Å². The van der Waals surface area contributed by atoms with Gasteiger partial charge in [0.05, 0.1) is 34.0 Å². The van der Waals surface area contributed by atoms with E-state index in [0.717, 1.165) is 28.3 Å².